The number of hydrogen-bond donors (Lipinski definition) is 0. The topological polar surface area (TPSA) is 12.4 Å². The molecule has 0 bridgehead atoms. The van der Waals surface area contributed by atoms with Crippen molar-refractivity contribution in [1.29, 1.82) is 0 Å². The highest BCUT2D eigenvalue weighted by Gasteiger charge is 1.98. The van der Waals surface area contributed by atoms with Gasteiger partial charge in [0, 0.05) is 5.71 Å². The SMILES string of the molecule is CC(=Nc1ccc(F)cc1)c1cccc(C)c1. The Balaban J connectivity index is 2.30. The lowest BCUT2D eigenvalue weighted by Gasteiger charge is -2.02. The van der Waals surface area contributed by atoms with Gasteiger partial charge in [0.25, 0.3) is 0 Å². The standard InChI is InChI=1S/C15H14FN/c1-11-4-3-5-13(10-11)12(2)17-15-8-6-14(16)7-9-15/h3-10H,1-2H3. The minimum absolute atomic E-state index is 0.239. The van der Waals surface area contributed by atoms with Crippen molar-refractivity contribution in [3.63, 3.8) is 0 Å². The monoisotopic (exact) mass is 227 g/mol. The van der Waals surface area contributed by atoms with Crippen molar-refractivity contribution in [3.05, 3.63) is 65.5 Å². The van der Waals surface area contributed by atoms with Crippen LogP contribution in [0.25, 0.3) is 0 Å². The Hall–Kier alpha value is -1.96. The van der Waals surface area contributed by atoms with E-state index in [-0.39, 0.29) is 5.82 Å². The first-order chi connectivity index (χ1) is 8.15. The van der Waals surface area contributed by atoms with E-state index in [9.17, 15) is 4.39 Å². The Morgan fingerprint density at radius 2 is 1.76 bits per heavy atom. The van der Waals surface area contributed by atoms with Gasteiger partial charge >= 0.3 is 0 Å². The molecule has 0 aliphatic heterocycles. The summed E-state index contributed by atoms with van der Waals surface area (Å²) in [7, 11) is 0. The third kappa shape index (κ3) is 3.00. The van der Waals surface area contributed by atoms with Crippen LogP contribution in [0.3, 0.4) is 0 Å². The van der Waals surface area contributed by atoms with Gasteiger partial charge in [-0.25, -0.2) is 4.39 Å². The molecule has 0 saturated carbocycles. The van der Waals surface area contributed by atoms with Crippen LogP contribution < -0.4 is 0 Å². The van der Waals surface area contributed by atoms with Crippen LogP contribution in [0.2, 0.25) is 0 Å². The van der Waals surface area contributed by atoms with Gasteiger partial charge in [0.2, 0.25) is 0 Å². The van der Waals surface area contributed by atoms with Gasteiger partial charge < -0.3 is 0 Å². The average molecular weight is 227 g/mol. The summed E-state index contributed by atoms with van der Waals surface area (Å²) in [6.07, 6.45) is 0. The fourth-order valence-electron chi connectivity index (χ4n) is 1.64. The Bertz CT molecular complexity index is 541. The van der Waals surface area contributed by atoms with Crippen LogP contribution in [-0.2, 0) is 0 Å². The molecule has 0 fully saturated rings. The highest BCUT2D eigenvalue weighted by molar-refractivity contribution is 6.00. The molecule has 0 saturated heterocycles. The zero-order chi connectivity index (χ0) is 12.3. The van der Waals surface area contributed by atoms with Gasteiger partial charge in [-0.3, -0.25) is 4.99 Å². The lowest BCUT2D eigenvalue weighted by atomic mass is 10.1. The summed E-state index contributed by atoms with van der Waals surface area (Å²) >= 11 is 0. The molecule has 2 rings (SSSR count). The van der Waals surface area contributed by atoms with E-state index in [1.54, 1.807) is 12.1 Å². The second kappa shape index (κ2) is 4.91. The molecule has 0 N–H and O–H groups in total. The molecule has 1 nitrogen and oxygen atoms in total. The van der Waals surface area contributed by atoms with Crippen LogP contribution in [0.4, 0.5) is 10.1 Å². The molecule has 0 radical (unpaired) electrons. The van der Waals surface area contributed by atoms with E-state index in [1.165, 1.54) is 17.7 Å². The van der Waals surface area contributed by atoms with Crippen molar-refractivity contribution in [3.8, 4) is 0 Å². The lowest BCUT2D eigenvalue weighted by molar-refractivity contribution is 0.628. The smallest absolute Gasteiger partial charge is 0.123 e. The summed E-state index contributed by atoms with van der Waals surface area (Å²) in [6, 6.07) is 14.4. The van der Waals surface area contributed by atoms with Crippen molar-refractivity contribution in [2.75, 3.05) is 0 Å². The summed E-state index contributed by atoms with van der Waals surface area (Å²) < 4.78 is 12.8. The van der Waals surface area contributed by atoms with E-state index in [0.717, 1.165) is 17.0 Å². The van der Waals surface area contributed by atoms with E-state index in [1.807, 2.05) is 19.1 Å². The number of rotatable bonds is 2. The van der Waals surface area contributed by atoms with Crippen LogP contribution in [0.15, 0.2) is 53.5 Å². The third-order valence-electron chi connectivity index (χ3n) is 2.56. The number of hydrogen-bond acceptors (Lipinski definition) is 1. The molecule has 2 heteroatoms. The number of aliphatic imine (C=N–C) groups is 1. The largest absolute Gasteiger partial charge is 0.253 e. The number of nitrogens with zero attached hydrogens (tertiary/aromatic N) is 1. The molecule has 0 aliphatic carbocycles. The van der Waals surface area contributed by atoms with Crippen molar-refractivity contribution in [1.82, 2.24) is 0 Å². The third-order valence-corrected chi connectivity index (χ3v) is 2.56. The summed E-state index contributed by atoms with van der Waals surface area (Å²) in [6.45, 7) is 4.01. The molecule has 0 aromatic heterocycles. The summed E-state index contributed by atoms with van der Waals surface area (Å²) in [5.41, 5.74) is 4.00. The second-order valence-electron chi connectivity index (χ2n) is 4.04. The van der Waals surface area contributed by atoms with Crippen molar-refractivity contribution in [2.45, 2.75) is 13.8 Å². The maximum absolute atomic E-state index is 12.8. The van der Waals surface area contributed by atoms with Crippen LogP contribution in [0, 0.1) is 12.7 Å². The first-order valence-corrected chi connectivity index (χ1v) is 5.53. The minimum Gasteiger partial charge on any atom is -0.253 e. The Morgan fingerprint density at radius 3 is 2.41 bits per heavy atom. The Morgan fingerprint density at radius 1 is 1.06 bits per heavy atom. The van der Waals surface area contributed by atoms with Crippen molar-refractivity contribution in [2.24, 2.45) is 4.99 Å². The van der Waals surface area contributed by atoms with E-state index in [2.05, 4.69) is 24.0 Å². The number of halogens is 1. The molecule has 2 aromatic rings. The fourth-order valence-corrected chi connectivity index (χ4v) is 1.64. The number of aryl methyl sites for hydroxylation is 1. The quantitative estimate of drug-likeness (QED) is 0.679. The molecular weight excluding hydrogens is 213 g/mol. The highest BCUT2D eigenvalue weighted by Crippen LogP contribution is 2.15. The van der Waals surface area contributed by atoms with Crippen LogP contribution in [0.5, 0.6) is 0 Å². The highest BCUT2D eigenvalue weighted by atomic mass is 19.1. The van der Waals surface area contributed by atoms with Gasteiger partial charge in [-0.1, -0.05) is 29.8 Å². The maximum atomic E-state index is 12.8. The van der Waals surface area contributed by atoms with E-state index < -0.39 is 0 Å². The van der Waals surface area contributed by atoms with Gasteiger partial charge in [0.05, 0.1) is 5.69 Å². The fraction of sp³-hybridized carbons (Fsp3) is 0.133. The van der Waals surface area contributed by atoms with Crippen molar-refractivity contribution < 1.29 is 4.39 Å². The van der Waals surface area contributed by atoms with Gasteiger partial charge in [-0.2, -0.15) is 0 Å². The lowest BCUT2D eigenvalue weighted by Crippen LogP contribution is -1.94. The summed E-state index contributed by atoms with van der Waals surface area (Å²) in [5.74, 6) is -0.239. The molecular formula is C15H14FN. The molecule has 0 aliphatic rings. The van der Waals surface area contributed by atoms with Gasteiger partial charge in [0.15, 0.2) is 0 Å². The summed E-state index contributed by atoms with van der Waals surface area (Å²) in [4.78, 5) is 4.46. The maximum Gasteiger partial charge on any atom is 0.123 e. The zero-order valence-corrected chi connectivity index (χ0v) is 9.94. The zero-order valence-electron chi connectivity index (χ0n) is 9.94. The van der Waals surface area contributed by atoms with Crippen LogP contribution in [0.1, 0.15) is 18.1 Å². The van der Waals surface area contributed by atoms with Gasteiger partial charge in [-0.15, -0.1) is 0 Å². The van der Waals surface area contributed by atoms with Crippen LogP contribution in [-0.4, -0.2) is 5.71 Å². The van der Waals surface area contributed by atoms with Gasteiger partial charge in [0.1, 0.15) is 5.82 Å². The predicted molar refractivity (Wildman–Crippen MR) is 69.5 cm³/mol. The van der Waals surface area contributed by atoms with E-state index >= 15 is 0 Å². The Kier molecular flexibility index (Phi) is 3.33. The van der Waals surface area contributed by atoms with Crippen molar-refractivity contribution >= 4 is 11.4 Å². The first-order valence-electron chi connectivity index (χ1n) is 5.53. The molecule has 17 heavy (non-hydrogen) atoms. The average Bonchev–Trinajstić information content (AvgIpc) is 2.32. The second-order valence-corrected chi connectivity index (χ2v) is 4.04. The Labute approximate surface area is 101 Å². The molecule has 0 spiro atoms. The molecule has 0 atom stereocenters. The molecule has 2 aromatic carbocycles. The molecule has 0 unspecified atom stereocenters. The van der Waals surface area contributed by atoms with Crippen LogP contribution >= 0.6 is 0 Å². The van der Waals surface area contributed by atoms with Gasteiger partial charge in [-0.05, 0) is 43.7 Å². The number of benzene rings is 2. The van der Waals surface area contributed by atoms with E-state index in [0.29, 0.717) is 0 Å². The molecule has 0 amide bonds. The normalized spacial score (nSPS) is 11.6. The summed E-state index contributed by atoms with van der Waals surface area (Å²) in [5, 5.41) is 0. The molecule has 86 valence electrons. The van der Waals surface area contributed by atoms with E-state index in [4.69, 9.17) is 0 Å². The minimum atomic E-state index is -0.239. The molecule has 0 heterocycles. The predicted octanol–water partition coefficient (Wildman–Crippen LogP) is 4.27. The first kappa shape index (κ1) is 11.5.